The van der Waals surface area contributed by atoms with Crippen LogP contribution in [0.1, 0.15) is 28.3 Å². The number of nitrogens with zero attached hydrogens (tertiary/aromatic N) is 1. The summed E-state index contributed by atoms with van der Waals surface area (Å²) in [5, 5.41) is 4.74. The third-order valence-corrected chi connectivity index (χ3v) is 6.81. The van der Waals surface area contributed by atoms with Gasteiger partial charge >= 0.3 is 0 Å². The summed E-state index contributed by atoms with van der Waals surface area (Å²) < 4.78 is 0. The van der Waals surface area contributed by atoms with Crippen molar-refractivity contribution in [1.29, 1.82) is 0 Å². The molecule has 0 saturated carbocycles. The van der Waals surface area contributed by atoms with Gasteiger partial charge in [-0.25, -0.2) is 0 Å². The Kier molecular flexibility index (Phi) is 9.24. The molecule has 7 heteroatoms. The van der Waals surface area contributed by atoms with Crippen molar-refractivity contribution in [2.75, 3.05) is 0 Å². The van der Waals surface area contributed by atoms with Gasteiger partial charge in [0.25, 0.3) is 0 Å². The molecule has 2 amide bonds. The minimum absolute atomic E-state index is 0.117. The predicted molar refractivity (Wildman–Crippen MR) is 150 cm³/mol. The van der Waals surface area contributed by atoms with Gasteiger partial charge in [0.15, 0.2) is 0 Å². The van der Waals surface area contributed by atoms with Gasteiger partial charge in [-0.05, 0) is 52.6 Å². The first-order chi connectivity index (χ1) is 17.9. The Balaban J connectivity index is 1.67. The van der Waals surface area contributed by atoms with Crippen LogP contribution in [0.2, 0.25) is 15.1 Å². The Hall–Kier alpha value is -3.31. The number of hydrogen-bond donors (Lipinski definition) is 1. The van der Waals surface area contributed by atoms with Gasteiger partial charge in [0.2, 0.25) is 11.8 Å². The lowest BCUT2D eigenvalue weighted by Gasteiger charge is -2.32. The molecule has 0 radical (unpaired) electrons. The van der Waals surface area contributed by atoms with E-state index in [1.807, 2.05) is 72.8 Å². The summed E-state index contributed by atoms with van der Waals surface area (Å²) in [7, 11) is 0. The molecule has 4 aromatic carbocycles. The molecule has 1 atom stereocenters. The zero-order chi connectivity index (χ0) is 26.2. The molecule has 4 aromatic rings. The molecular weight excluding hydrogens is 527 g/mol. The van der Waals surface area contributed by atoms with Gasteiger partial charge in [0.05, 0.1) is 6.42 Å². The molecule has 4 rings (SSSR count). The highest BCUT2D eigenvalue weighted by Gasteiger charge is 2.31. The van der Waals surface area contributed by atoms with Crippen LogP contribution in [-0.4, -0.2) is 16.7 Å². The maximum absolute atomic E-state index is 13.8. The highest BCUT2D eigenvalue weighted by molar-refractivity contribution is 6.31. The van der Waals surface area contributed by atoms with Gasteiger partial charge in [-0.2, -0.15) is 0 Å². The molecular formula is C30H25Cl3N2O2. The summed E-state index contributed by atoms with van der Waals surface area (Å²) in [6.45, 7) is 0.463. The average Bonchev–Trinajstić information content (AvgIpc) is 2.91. The maximum atomic E-state index is 13.8. The Morgan fingerprint density at radius 2 is 1.27 bits per heavy atom. The molecule has 0 unspecified atom stereocenters. The van der Waals surface area contributed by atoms with E-state index < -0.39 is 6.04 Å². The molecule has 0 fully saturated rings. The second-order valence-corrected chi connectivity index (χ2v) is 9.85. The van der Waals surface area contributed by atoms with Gasteiger partial charge in [-0.15, -0.1) is 0 Å². The van der Waals surface area contributed by atoms with Crippen LogP contribution in [0.25, 0.3) is 0 Å². The summed E-state index contributed by atoms with van der Waals surface area (Å²) in [5.74, 6) is -0.497. The summed E-state index contributed by atoms with van der Waals surface area (Å²) in [4.78, 5) is 29.1. The van der Waals surface area contributed by atoms with Crippen molar-refractivity contribution in [2.24, 2.45) is 0 Å². The Labute approximate surface area is 231 Å². The van der Waals surface area contributed by atoms with Crippen LogP contribution < -0.4 is 5.32 Å². The van der Waals surface area contributed by atoms with Gasteiger partial charge in [0.1, 0.15) is 6.04 Å². The molecule has 0 aliphatic carbocycles. The lowest BCUT2D eigenvalue weighted by molar-refractivity contribution is -0.141. The molecule has 4 nitrogen and oxygen atoms in total. The van der Waals surface area contributed by atoms with E-state index in [0.717, 1.165) is 16.7 Å². The largest absolute Gasteiger partial charge is 0.350 e. The SMILES string of the molecule is O=C(NCc1ccccc1Cl)[C@@H](c1ccccc1)N(Cc1ccc(Cl)cc1)C(=O)Cc1ccc(Cl)cc1. The zero-order valence-electron chi connectivity index (χ0n) is 19.9. The molecule has 0 bridgehead atoms. The fourth-order valence-electron chi connectivity index (χ4n) is 4.02. The average molecular weight is 552 g/mol. The summed E-state index contributed by atoms with van der Waals surface area (Å²) >= 11 is 18.4. The summed E-state index contributed by atoms with van der Waals surface area (Å²) in [6, 6.07) is 30.1. The lowest BCUT2D eigenvalue weighted by Crippen LogP contribution is -2.43. The zero-order valence-corrected chi connectivity index (χ0v) is 22.2. The van der Waals surface area contributed by atoms with Gasteiger partial charge in [-0.3, -0.25) is 9.59 Å². The van der Waals surface area contributed by atoms with Crippen LogP contribution in [0.15, 0.2) is 103 Å². The van der Waals surface area contributed by atoms with Crippen molar-refractivity contribution in [3.8, 4) is 0 Å². The maximum Gasteiger partial charge on any atom is 0.247 e. The summed E-state index contributed by atoms with van der Waals surface area (Å²) in [6.07, 6.45) is 0.117. The number of nitrogens with one attached hydrogen (secondary N) is 1. The lowest BCUT2D eigenvalue weighted by atomic mass is 10.0. The van der Waals surface area contributed by atoms with Gasteiger partial charge in [-0.1, -0.05) is 108 Å². The van der Waals surface area contributed by atoms with Crippen molar-refractivity contribution in [2.45, 2.75) is 25.6 Å². The molecule has 0 saturated heterocycles. The molecule has 0 heterocycles. The van der Waals surface area contributed by atoms with Crippen LogP contribution in [0.4, 0.5) is 0 Å². The Morgan fingerprint density at radius 1 is 0.703 bits per heavy atom. The number of rotatable bonds is 9. The number of hydrogen-bond acceptors (Lipinski definition) is 2. The smallest absolute Gasteiger partial charge is 0.247 e. The van der Waals surface area contributed by atoms with Crippen LogP contribution in [0.5, 0.6) is 0 Å². The minimum atomic E-state index is -0.862. The first-order valence-electron chi connectivity index (χ1n) is 11.7. The minimum Gasteiger partial charge on any atom is -0.350 e. The van der Waals surface area contributed by atoms with E-state index in [4.69, 9.17) is 34.8 Å². The van der Waals surface area contributed by atoms with Crippen molar-refractivity contribution >= 4 is 46.6 Å². The third-order valence-electron chi connectivity index (χ3n) is 5.94. The van der Waals surface area contributed by atoms with E-state index in [1.165, 1.54) is 0 Å². The normalized spacial score (nSPS) is 11.5. The van der Waals surface area contributed by atoms with E-state index in [2.05, 4.69) is 5.32 Å². The molecule has 188 valence electrons. The van der Waals surface area contributed by atoms with Crippen molar-refractivity contribution < 1.29 is 9.59 Å². The standard InChI is InChI=1S/C30H25Cl3N2O2/c31-25-14-10-21(11-15-25)18-28(36)35(20-22-12-16-26(32)17-13-22)29(23-6-2-1-3-7-23)30(37)34-19-24-8-4-5-9-27(24)33/h1-17,29H,18-20H2,(H,34,37)/t29-/m1/s1. The van der Waals surface area contributed by atoms with E-state index in [-0.39, 0.29) is 31.3 Å². The van der Waals surface area contributed by atoms with Crippen LogP contribution >= 0.6 is 34.8 Å². The quantitative estimate of drug-likeness (QED) is 0.238. The highest BCUT2D eigenvalue weighted by Crippen LogP contribution is 2.26. The number of carbonyl (C=O) groups is 2. The number of halogens is 3. The number of amides is 2. The Bertz CT molecular complexity index is 1340. The second kappa shape index (κ2) is 12.8. The summed E-state index contributed by atoms with van der Waals surface area (Å²) in [5.41, 5.74) is 3.16. The van der Waals surface area contributed by atoms with E-state index in [1.54, 1.807) is 35.2 Å². The Morgan fingerprint density at radius 3 is 1.89 bits per heavy atom. The third kappa shape index (κ3) is 7.36. The predicted octanol–water partition coefficient (Wildman–Crippen LogP) is 7.28. The van der Waals surface area contributed by atoms with E-state index in [0.29, 0.717) is 20.6 Å². The molecule has 37 heavy (non-hydrogen) atoms. The van der Waals surface area contributed by atoms with Crippen LogP contribution in [0.3, 0.4) is 0 Å². The molecule has 0 aliphatic heterocycles. The molecule has 0 aromatic heterocycles. The fourth-order valence-corrected chi connectivity index (χ4v) is 4.47. The number of carbonyl (C=O) groups excluding carboxylic acids is 2. The highest BCUT2D eigenvalue weighted by atomic mass is 35.5. The van der Waals surface area contributed by atoms with Crippen LogP contribution in [0, 0.1) is 0 Å². The van der Waals surface area contributed by atoms with E-state index >= 15 is 0 Å². The molecule has 0 spiro atoms. The second-order valence-electron chi connectivity index (χ2n) is 8.57. The van der Waals surface area contributed by atoms with Crippen molar-refractivity contribution in [1.82, 2.24) is 10.2 Å². The fraction of sp³-hybridized carbons (Fsp3) is 0.133. The van der Waals surface area contributed by atoms with Crippen molar-refractivity contribution in [3.05, 3.63) is 140 Å². The van der Waals surface area contributed by atoms with Crippen LogP contribution in [-0.2, 0) is 29.1 Å². The number of benzene rings is 4. The first kappa shape index (κ1) is 26.7. The van der Waals surface area contributed by atoms with Crippen molar-refractivity contribution in [3.63, 3.8) is 0 Å². The van der Waals surface area contributed by atoms with Gasteiger partial charge < -0.3 is 10.2 Å². The van der Waals surface area contributed by atoms with E-state index in [9.17, 15) is 9.59 Å². The monoisotopic (exact) mass is 550 g/mol. The van der Waals surface area contributed by atoms with Gasteiger partial charge in [0, 0.05) is 28.2 Å². The topological polar surface area (TPSA) is 49.4 Å². The molecule has 1 N–H and O–H groups in total. The first-order valence-corrected chi connectivity index (χ1v) is 12.9. The molecule has 0 aliphatic rings.